The summed E-state index contributed by atoms with van der Waals surface area (Å²) in [4.78, 5) is 0. The van der Waals surface area contributed by atoms with E-state index in [-0.39, 0.29) is 17.4 Å². The zero-order valence-corrected chi connectivity index (χ0v) is 16.3. The average Bonchev–Trinajstić information content (AvgIpc) is 3.18. The van der Waals surface area contributed by atoms with Crippen molar-refractivity contribution in [3.63, 3.8) is 0 Å². The number of rotatable bonds is 5. The molecule has 0 bridgehead atoms. The predicted octanol–water partition coefficient (Wildman–Crippen LogP) is 3.06. The standard InChI is InChI=1S/C10H5ClN2O5S.C4H10O3S/c11-6-1-2-7-5(3-6)4-8(17-7)9-12-13-10(18-9)19(14,15)16;1-2-3-4-8(5,6)7/h1-4H,(H,14,15,16);2-4H2,1H3,(H,5,6,7). The number of halogens is 1. The molecule has 3 aromatic rings. The summed E-state index contributed by atoms with van der Waals surface area (Å²) >= 11 is 5.83. The lowest BCUT2D eigenvalue weighted by molar-refractivity contribution is 0.392. The lowest BCUT2D eigenvalue weighted by Gasteiger charge is -1.90. The lowest BCUT2D eigenvalue weighted by atomic mass is 10.2. The Morgan fingerprint density at radius 3 is 2.30 bits per heavy atom. The number of aromatic nitrogens is 2. The van der Waals surface area contributed by atoms with Crippen LogP contribution in [0, 0.1) is 0 Å². The second kappa shape index (κ2) is 8.35. The van der Waals surface area contributed by atoms with Crippen LogP contribution in [-0.4, -0.2) is 41.9 Å². The molecule has 0 radical (unpaired) electrons. The first kappa shape index (κ1) is 21.3. The van der Waals surface area contributed by atoms with E-state index in [9.17, 15) is 16.8 Å². The van der Waals surface area contributed by atoms with Gasteiger partial charge in [0.1, 0.15) is 5.58 Å². The van der Waals surface area contributed by atoms with E-state index in [0.717, 1.165) is 6.42 Å². The first-order valence-electron chi connectivity index (χ1n) is 7.45. The third kappa shape index (κ3) is 6.29. The molecule has 10 nitrogen and oxygen atoms in total. The maximum absolute atomic E-state index is 10.8. The molecule has 0 fully saturated rings. The average molecular weight is 439 g/mol. The van der Waals surface area contributed by atoms with Crippen LogP contribution in [0.5, 0.6) is 0 Å². The highest BCUT2D eigenvalue weighted by molar-refractivity contribution is 7.85. The van der Waals surface area contributed by atoms with E-state index >= 15 is 0 Å². The van der Waals surface area contributed by atoms with Gasteiger partial charge in [-0.15, -0.1) is 5.10 Å². The zero-order valence-electron chi connectivity index (χ0n) is 13.9. The fraction of sp³-hybridized carbons (Fsp3) is 0.286. The summed E-state index contributed by atoms with van der Waals surface area (Å²) in [7, 11) is -8.22. The fourth-order valence-electron chi connectivity index (χ4n) is 1.86. The topological polar surface area (TPSA) is 161 Å². The number of benzene rings is 1. The molecule has 0 unspecified atom stereocenters. The molecule has 2 N–H and O–H groups in total. The minimum Gasteiger partial charge on any atom is -0.451 e. The largest absolute Gasteiger partial charge is 0.451 e. The molecule has 0 amide bonds. The first-order chi connectivity index (χ1) is 12.5. The predicted molar refractivity (Wildman–Crippen MR) is 95.7 cm³/mol. The summed E-state index contributed by atoms with van der Waals surface area (Å²) in [5, 5.41) is 7.05. The first-order valence-corrected chi connectivity index (χ1v) is 10.9. The molecule has 27 heavy (non-hydrogen) atoms. The summed E-state index contributed by atoms with van der Waals surface area (Å²) in [5.41, 5.74) is 0.533. The molecule has 2 heterocycles. The van der Waals surface area contributed by atoms with Gasteiger partial charge in [0.25, 0.3) is 16.0 Å². The Bertz CT molecular complexity index is 1140. The Morgan fingerprint density at radius 1 is 1.07 bits per heavy atom. The molecule has 3 rings (SSSR count). The SMILES string of the molecule is CCCCS(=O)(=O)O.O=S(=O)(O)c1nnc(-c2cc3cc(Cl)ccc3o2)o1. The quantitative estimate of drug-likeness (QED) is 0.566. The Kier molecular flexibility index (Phi) is 6.59. The highest BCUT2D eigenvalue weighted by atomic mass is 35.5. The summed E-state index contributed by atoms with van der Waals surface area (Å²) in [5.74, 6) is -0.0802. The van der Waals surface area contributed by atoms with E-state index < -0.39 is 25.5 Å². The highest BCUT2D eigenvalue weighted by Crippen LogP contribution is 2.29. The molecule has 2 aromatic heterocycles. The highest BCUT2D eigenvalue weighted by Gasteiger charge is 2.21. The van der Waals surface area contributed by atoms with Crippen molar-refractivity contribution in [2.75, 3.05) is 5.75 Å². The third-order valence-electron chi connectivity index (χ3n) is 3.07. The van der Waals surface area contributed by atoms with Crippen molar-refractivity contribution in [1.29, 1.82) is 0 Å². The number of fused-ring (bicyclic) bond motifs is 1. The van der Waals surface area contributed by atoms with Gasteiger partial charge in [0, 0.05) is 10.4 Å². The van der Waals surface area contributed by atoms with Gasteiger partial charge in [0.15, 0.2) is 5.76 Å². The van der Waals surface area contributed by atoms with E-state index in [1.807, 2.05) is 6.92 Å². The molecule has 0 saturated heterocycles. The second-order valence-corrected chi connectivity index (χ2v) is 8.59. The van der Waals surface area contributed by atoms with Crippen molar-refractivity contribution in [1.82, 2.24) is 10.2 Å². The van der Waals surface area contributed by atoms with Gasteiger partial charge in [-0.2, -0.15) is 16.8 Å². The summed E-state index contributed by atoms with van der Waals surface area (Å²) in [6.07, 6.45) is 1.33. The van der Waals surface area contributed by atoms with Crippen LogP contribution in [0.1, 0.15) is 19.8 Å². The normalized spacial score (nSPS) is 12.0. The van der Waals surface area contributed by atoms with E-state index in [4.69, 9.17) is 29.5 Å². The number of furan rings is 1. The minimum absolute atomic E-state index is 0.108. The molecular formula is C14H15ClN2O8S2. The Balaban J connectivity index is 0.000000279. The van der Waals surface area contributed by atoms with E-state index in [0.29, 0.717) is 22.4 Å². The summed E-state index contributed by atoms with van der Waals surface area (Å²) < 4.78 is 68.6. The number of unbranched alkanes of at least 4 members (excludes halogenated alkanes) is 1. The van der Waals surface area contributed by atoms with Crippen LogP contribution in [0.2, 0.25) is 5.02 Å². The maximum Gasteiger partial charge on any atom is 0.363 e. The third-order valence-corrected chi connectivity index (χ3v) is 4.72. The molecule has 0 aliphatic rings. The molecule has 1 aromatic carbocycles. The van der Waals surface area contributed by atoms with Crippen LogP contribution in [0.25, 0.3) is 22.6 Å². The van der Waals surface area contributed by atoms with Crippen LogP contribution < -0.4 is 0 Å². The Morgan fingerprint density at radius 2 is 1.78 bits per heavy atom. The van der Waals surface area contributed by atoms with Crippen LogP contribution in [0.15, 0.2) is 38.3 Å². The second-order valence-electron chi connectivity index (χ2n) is 5.28. The van der Waals surface area contributed by atoms with Gasteiger partial charge in [-0.25, -0.2) is 0 Å². The van der Waals surface area contributed by atoms with Crippen molar-refractivity contribution >= 4 is 42.8 Å². The molecule has 0 aliphatic carbocycles. The van der Waals surface area contributed by atoms with Crippen molar-refractivity contribution in [3.8, 4) is 11.7 Å². The van der Waals surface area contributed by atoms with E-state index in [1.165, 1.54) is 0 Å². The summed E-state index contributed by atoms with van der Waals surface area (Å²) in [6.45, 7) is 1.87. The molecule has 0 aliphatic heterocycles. The van der Waals surface area contributed by atoms with Crippen LogP contribution in [-0.2, 0) is 20.2 Å². The molecule has 0 spiro atoms. The van der Waals surface area contributed by atoms with Gasteiger partial charge < -0.3 is 8.83 Å². The molecule has 13 heteroatoms. The van der Waals surface area contributed by atoms with Gasteiger partial charge >= 0.3 is 15.3 Å². The van der Waals surface area contributed by atoms with Gasteiger partial charge in [-0.1, -0.05) is 30.0 Å². The van der Waals surface area contributed by atoms with Gasteiger partial charge in [0.2, 0.25) is 0 Å². The van der Waals surface area contributed by atoms with Crippen molar-refractivity contribution in [3.05, 3.63) is 29.3 Å². The van der Waals surface area contributed by atoms with Crippen LogP contribution >= 0.6 is 11.6 Å². The van der Waals surface area contributed by atoms with Crippen molar-refractivity contribution in [2.24, 2.45) is 0 Å². The van der Waals surface area contributed by atoms with E-state index in [1.54, 1.807) is 24.3 Å². The molecule has 0 atom stereocenters. The van der Waals surface area contributed by atoms with Crippen LogP contribution in [0.3, 0.4) is 0 Å². The van der Waals surface area contributed by atoms with E-state index in [2.05, 4.69) is 10.2 Å². The maximum atomic E-state index is 10.8. The fourth-order valence-corrected chi connectivity index (χ4v) is 3.02. The number of hydrogen-bond acceptors (Lipinski definition) is 8. The molecular weight excluding hydrogens is 424 g/mol. The van der Waals surface area contributed by atoms with Gasteiger partial charge in [-0.3, -0.25) is 9.11 Å². The lowest BCUT2D eigenvalue weighted by Crippen LogP contribution is -2.02. The zero-order chi connectivity index (χ0) is 20.2. The van der Waals surface area contributed by atoms with Crippen molar-refractivity contribution < 1.29 is 34.8 Å². The summed E-state index contributed by atoms with van der Waals surface area (Å²) in [6, 6.07) is 6.54. The van der Waals surface area contributed by atoms with Gasteiger partial charge in [0.05, 0.1) is 5.75 Å². The molecule has 148 valence electrons. The van der Waals surface area contributed by atoms with Crippen molar-refractivity contribution in [2.45, 2.75) is 25.0 Å². The van der Waals surface area contributed by atoms with Gasteiger partial charge in [-0.05, 0) is 30.7 Å². The Hall–Kier alpha value is -1.99. The van der Waals surface area contributed by atoms with Crippen LogP contribution in [0.4, 0.5) is 0 Å². The minimum atomic E-state index is -4.53. The number of nitrogens with zero attached hydrogens (tertiary/aromatic N) is 2. The Labute approximate surface area is 159 Å². The monoisotopic (exact) mass is 438 g/mol. The smallest absolute Gasteiger partial charge is 0.363 e. The number of hydrogen-bond donors (Lipinski definition) is 2. The molecule has 0 saturated carbocycles.